The topological polar surface area (TPSA) is 29.1 Å². The molecule has 2 aromatic rings. The molecule has 3 heteroatoms. The van der Waals surface area contributed by atoms with E-state index in [0.717, 1.165) is 21.7 Å². The molecule has 0 spiro atoms. The largest absolute Gasteiger partial charge is 0.323 e. The number of rotatable bonds is 3. The first-order valence-corrected chi connectivity index (χ1v) is 6.43. The summed E-state index contributed by atoms with van der Waals surface area (Å²) in [4.78, 5) is 12.6. The Morgan fingerprint density at radius 1 is 1.11 bits per heavy atom. The monoisotopic (exact) mass is 269 g/mol. The van der Waals surface area contributed by atoms with E-state index in [-0.39, 0.29) is 5.91 Å². The van der Waals surface area contributed by atoms with Gasteiger partial charge in [-0.15, -0.1) is 12.6 Å². The van der Waals surface area contributed by atoms with Crippen molar-refractivity contribution in [3.63, 3.8) is 0 Å². The van der Waals surface area contributed by atoms with E-state index in [4.69, 9.17) is 0 Å². The standard InChI is InChI=1S/C16H15NOS/c1-12-6-9-14(10-7-12)17-16(18)11-8-13-4-2-3-5-15(13)19/h2-11,19H,1H3,(H,17,18)/b11-8+. The van der Waals surface area contributed by atoms with Crippen LogP contribution in [0, 0.1) is 6.92 Å². The predicted octanol–water partition coefficient (Wildman–Crippen LogP) is 3.94. The van der Waals surface area contributed by atoms with Gasteiger partial charge in [0.15, 0.2) is 0 Å². The molecule has 2 rings (SSSR count). The van der Waals surface area contributed by atoms with Crippen LogP contribution in [-0.4, -0.2) is 5.91 Å². The second kappa shape index (κ2) is 6.25. The molecule has 0 unspecified atom stereocenters. The van der Waals surface area contributed by atoms with Gasteiger partial charge in [-0.05, 0) is 36.8 Å². The fourth-order valence-electron chi connectivity index (χ4n) is 1.61. The van der Waals surface area contributed by atoms with E-state index in [9.17, 15) is 4.79 Å². The van der Waals surface area contributed by atoms with Gasteiger partial charge in [0.25, 0.3) is 0 Å². The van der Waals surface area contributed by atoms with Gasteiger partial charge in [0.1, 0.15) is 0 Å². The molecule has 0 aromatic heterocycles. The number of thiol groups is 1. The van der Waals surface area contributed by atoms with Crippen LogP contribution in [0.3, 0.4) is 0 Å². The molecule has 1 amide bonds. The minimum absolute atomic E-state index is 0.152. The van der Waals surface area contributed by atoms with Gasteiger partial charge in [-0.1, -0.05) is 35.9 Å². The van der Waals surface area contributed by atoms with Crippen LogP contribution >= 0.6 is 12.6 Å². The Kier molecular flexibility index (Phi) is 4.42. The number of benzene rings is 2. The number of carbonyl (C=O) groups excluding carboxylic acids is 1. The van der Waals surface area contributed by atoms with Gasteiger partial charge in [-0.25, -0.2) is 0 Å². The lowest BCUT2D eigenvalue weighted by Gasteiger charge is -2.02. The van der Waals surface area contributed by atoms with Crippen LogP contribution < -0.4 is 5.32 Å². The highest BCUT2D eigenvalue weighted by Crippen LogP contribution is 2.14. The number of amides is 1. The van der Waals surface area contributed by atoms with Crippen molar-refractivity contribution in [2.24, 2.45) is 0 Å². The Morgan fingerprint density at radius 2 is 1.79 bits per heavy atom. The van der Waals surface area contributed by atoms with Crippen molar-refractivity contribution in [3.05, 3.63) is 65.7 Å². The quantitative estimate of drug-likeness (QED) is 0.641. The Balaban J connectivity index is 2.02. The summed E-state index contributed by atoms with van der Waals surface area (Å²) >= 11 is 4.33. The van der Waals surface area contributed by atoms with Gasteiger partial charge in [-0.3, -0.25) is 4.79 Å². The summed E-state index contributed by atoms with van der Waals surface area (Å²) in [6.07, 6.45) is 3.26. The average molecular weight is 269 g/mol. The highest BCUT2D eigenvalue weighted by atomic mass is 32.1. The smallest absolute Gasteiger partial charge is 0.248 e. The van der Waals surface area contributed by atoms with E-state index in [2.05, 4.69) is 17.9 Å². The Labute approximate surface area is 118 Å². The van der Waals surface area contributed by atoms with Crippen LogP contribution in [0.5, 0.6) is 0 Å². The summed E-state index contributed by atoms with van der Waals surface area (Å²) in [5.41, 5.74) is 2.88. The van der Waals surface area contributed by atoms with Gasteiger partial charge < -0.3 is 5.32 Å². The van der Waals surface area contributed by atoms with Crippen molar-refractivity contribution in [2.75, 3.05) is 5.32 Å². The average Bonchev–Trinajstić information content (AvgIpc) is 2.40. The van der Waals surface area contributed by atoms with Gasteiger partial charge >= 0.3 is 0 Å². The summed E-state index contributed by atoms with van der Waals surface area (Å²) in [5.74, 6) is -0.152. The lowest BCUT2D eigenvalue weighted by Crippen LogP contribution is -2.07. The number of carbonyl (C=O) groups is 1. The molecule has 0 saturated carbocycles. The van der Waals surface area contributed by atoms with Crippen molar-refractivity contribution in [2.45, 2.75) is 11.8 Å². The van der Waals surface area contributed by atoms with Gasteiger partial charge in [0.05, 0.1) is 0 Å². The SMILES string of the molecule is Cc1ccc(NC(=O)/C=C/c2ccccc2S)cc1. The van der Waals surface area contributed by atoms with Crippen LogP contribution in [0.15, 0.2) is 59.5 Å². The fraction of sp³-hybridized carbons (Fsp3) is 0.0625. The molecular weight excluding hydrogens is 254 g/mol. The number of hydrogen-bond acceptors (Lipinski definition) is 2. The third-order valence-electron chi connectivity index (χ3n) is 2.67. The zero-order valence-corrected chi connectivity index (χ0v) is 11.5. The van der Waals surface area contributed by atoms with Crippen LogP contribution in [0.1, 0.15) is 11.1 Å². The maximum atomic E-state index is 11.8. The van der Waals surface area contributed by atoms with Crippen molar-refractivity contribution >= 4 is 30.3 Å². The van der Waals surface area contributed by atoms with E-state index >= 15 is 0 Å². The van der Waals surface area contributed by atoms with E-state index in [0.29, 0.717) is 0 Å². The Bertz CT molecular complexity index is 602. The zero-order chi connectivity index (χ0) is 13.7. The first kappa shape index (κ1) is 13.4. The number of nitrogens with one attached hydrogen (secondary N) is 1. The number of anilines is 1. The van der Waals surface area contributed by atoms with Crippen molar-refractivity contribution in [1.29, 1.82) is 0 Å². The predicted molar refractivity (Wildman–Crippen MR) is 82.5 cm³/mol. The van der Waals surface area contributed by atoms with Crippen LogP contribution in [-0.2, 0) is 4.79 Å². The molecule has 1 N–H and O–H groups in total. The lowest BCUT2D eigenvalue weighted by molar-refractivity contribution is -0.111. The highest BCUT2D eigenvalue weighted by Gasteiger charge is 1.98. The minimum Gasteiger partial charge on any atom is -0.323 e. The molecule has 0 aliphatic carbocycles. The molecule has 19 heavy (non-hydrogen) atoms. The normalized spacial score (nSPS) is 10.6. The summed E-state index contributed by atoms with van der Waals surface area (Å²) in [6.45, 7) is 2.01. The Hall–Kier alpha value is -2.00. The molecular formula is C16H15NOS. The van der Waals surface area contributed by atoms with E-state index in [1.165, 1.54) is 6.08 Å². The van der Waals surface area contributed by atoms with Gasteiger partial charge in [-0.2, -0.15) is 0 Å². The molecule has 0 aliphatic rings. The zero-order valence-electron chi connectivity index (χ0n) is 10.6. The van der Waals surface area contributed by atoms with Crippen LogP contribution in [0.2, 0.25) is 0 Å². The van der Waals surface area contributed by atoms with E-state index in [1.54, 1.807) is 6.08 Å². The van der Waals surface area contributed by atoms with E-state index in [1.807, 2.05) is 55.5 Å². The van der Waals surface area contributed by atoms with E-state index < -0.39 is 0 Å². The van der Waals surface area contributed by atoms with Crippen LogP contribution in [0.25, 0.3) is 6.08 Å². The minimum atomic E-state index is -0.152. The van der Waals surface area contributed by atoms with Crippen molar-refractivity contribution in [1.82, 2.24) is 0 Å². The summed E-state index contributed by atoms with van der Waals surface area (Å²) in [6, 6.07) is 15.3. The Morgan fingerprint density at radius 3 is 2.47 bits per heavy atom. The number of aryl methyl sites for hydroxylation is 1. The molecule has 0 bridgehead atoms. The fourth-order valence-corrected chi connectivity index (χ4v) is 1.85. The van der Waals surface area contributed by atoms with Gasteiger partial charge in [0.2, 0.25) is 5.91 Å². The molecule has 0 aliphatic heterocycles. The summed E-state index contributed by atoms with van der Waals surface area (Å²) in [5, 5.41) is 2.81. The summed E-state index contributed by atoms with van der Waals surface area (Å²) < 4.78 is 0. The molecule has 96 valence electrons. The maximum absolute atomic E-state index is 11.8. The lowest BCUT2D eigenvalue weighted by atomic mass is 10.2. The first-order chi connectivity index (χ1) is 9.15. The molecule has 2 aromatic carbocycles. The third kappa shape index (κ3) is 4.00. The number of hydrogen-bond donors (Lipinski definition) is 2. The first-order valence-electron chi connectivity index (χ1n) is 5.99. The molecule has 2 nitrogen and oxygen atoms in total. The molecule has 0 radical (unpaired) electrons. The third-order valence-corrected chi connectivity index (χ3v) is 3.08. The van der Waals surface area contributed by atoms with Crippen molar-refractivity contribution in [3.8, 4) is 0 Å². The van der Waals surface area contributed by atoms with Gasteiger partial charge in [0, 0.05) is 16.7 Å². The maximum Gasteiger partial charge on any atom is 0.248 e. The molecule has 0 atom stereocenters. The second-order valence-electron chi connectivity index (χ2n) is 4.25. The summed E-state index contributed by atoms with van der Waals surface area (Å²) in [7, 11) is 0. The highest BCUT2D eigenvalue weighted by molar-refractivity contribution is 7.80. The molecule has 0 heterocycles. The van der Waals surface area contributed by atoms with Crippen molar-refractivity contribution < 1.29 is 4.79 Å². The second-order valence-corrected chi connectivity index (χ2v) is 4.73. The molecule has 0 fully saturated rings. The van der Waals surface area contributed by atoms with Crippen LogP contribution in [0.4, 0.5) is 5.69 Å². The molecule has 0 saturated heterocycles.